The fourth-order valence-corrected chi connectivity index (χ4v) is 2.33. The Morgan fingerprint density at radius 3 is 2.71 bits per heavy atom. The van der Waals surface area contributed by atoms with Crippen LogP contribution in [0.1, 0.15) is 39.5 Å². The van der Waals surface area contributed by atoms with Gasteiger partial charge in [0.1, 0.15) is 0 Å². The lowest BCUT2D eigenvalue weighted by Crippen LogP contribution is -2.48. The number of amides is 1. The van der Waals surface area contributed by atoms with Gasteiger partial charge in [0, 0.05) is 18.6 Å². The lowest BCUT2D eigenvalue weighted by Gasteiger charge is -2.31. The third kappa shape index (κ3) is 5.04. The number of hydrogen-bond acceptors (Lipinski definition) is 3. The van der Waals surface area contributed by atoms with Gasteiger partial charge in [0.15, 0.2) is 0 Å². The summed E-state index contributed by atoms with van der Waals surface area (Å²) in [7, 11) is 2.05. The van der Waals surface area contributed by atoms with E-state index in [1.165, 1.54) is 12.8 Å². The summed E-state index contributed by atoms with van der Waals surface area (Å²) < 4.78 is 0. The first-order valence-corrected chi connectivity index (χ1v) is 6.87. The van der Waals surface area contributed by atoms with E-state index in [4.69, 9.17) is 0 Å². The average molecular weight is 241 g/mol. The zero-order valence-corrected chi connectivity index (χ0v) is 11.5. The summed E-state index contributed by atoms with van der Waals surface area (Å²) in [6.07, 6.45) is 4.43. The molecule has 1 unspecified atom stereocenters. The molecule has 0 radical (unpaired) electrons. The largest absolute Gasteiger partial charge is 0.352 e. The Morgan fingerprint density at radius 1 is 1.47 bits per heavy atom. The predicted octanol–water partition coefficient (Wildman–Crippen LogP) is 0.975. The maximum atomic E-state index is 11.9. The molecule has 100 valence electrons. The molecule has 0 aromatic heterocycles. The van der Waals surface area contributed by atoms with Crippen molar-refractivity contribution in [2.24, 2.45) is 0 Å². The Morgan fingerprint density at radius 2 is 2.18 bits per heavy atom. The quantitative estimate of drug-likeness (QED) is 0.728. The van der Waals surface area contributed by atoms with Gasteiger partial charge < -0.3 is 10.6 Å². The standard InChI is InChI=1S/C13H27N3O/c1-4-11(5-2)15-13(17)10-16(3)12-7-6-8-14-9-12/h11-12,14H,4-10H2,1-3H3,(H,15,17). The molecular formula is C13H27N3O. The zero-order chi connectivity index (χ0) is 12.7. The summed E-state index contributed by atoms with van der Waals surface area (Å²) in [5.41, 5.74) is 0. The van der Waals surface area contributed by atoms with Crippen LogP contribution in [0.3, 0.4) is 0 Å². The van der Waals surface area contributed by atoms with E-state index >= 15 is 0 Å². The maximum absolute atomic E-state index is 11.9. The van der Waals surface area contributed by atoms with Crippen LogP contribution < -0.4 is 10.6 Å². The van der Waals surface area contributed by atoms with Crippen LogP contribution in [-0.4, -0.2) is 49.6 Å². The number of piperidine rings is 1. The lowest BCUT2D eigenvalue weighted by molar-refractivity contribution is -0.123. The molecule has 2 N–H and O–H groups in total. The molecule has 17 heavy (non-hydrogen) atoms. The van der Waals surface area contributed by atoms with Crippen LogP contribution in [0.2, 0.25) is 0 Å². The third-order valence-electron chi connectivity index (χ3n) is 3.64. The molecule has 1 rings (SSSR count). The second-order valence-electron chi connectivity index (χ2n) is 5.00. The molecule has 1 saturated heterocycles. The fourth-order valence-electron chi connectivity index (χ4n) is 2.33. The third-order valence-corrected chi connectivity index (χ3v) is 3.64. The van der Waals surface area contributed by atoms with E-state index < -0.39 is 0 Å². The normalized spacial score (nSPS) is 20.9. The highest BCUT2D eigenvalue weighted by atomic mass is 16.2. The van der Waals surface area contributed by atoms with Crippen LogP contribution in [0.5, 0.6) is 0 Å². The highest BCUT2D eigenvalue weighted by molar-refractivity contribution is 5.78. The van der Waals surface area contributed by atoms with Crippen LogP contribution >= 0.6 is 0 Å². The molecule has 1 atom stereocenters. The van der Waals surface area contributed by atoms with Gasteiger partial charge in [-0.3, -0.25) is 9.69 Å². The Balaban J connectivity index is 2.29. The second-order valence-corrected chi connectivity index (χ2v) is 5.00. The number of rotatable bonds is 6. The van der Waals surface area contributed by atoms with Crippen molar-refractivity contribution in [3.05, 3.63) is 0 Å². The van der Waals surface area contributed by atoms with Crippen LogP contribution in [0.25, 0.3) is 0 Å². The summed E-state index contributed by atoms with van der Waals surface area (Å²) in [5.74, 6) is 0.159. The van der Waals surface area contributed by atoms with Gasteiger partial charge in [0.2, 0.25) is 5.91 Å². The van der Waals surface area contributed by atoms with Gasteiger partial charge >= 0.3 is 0 Å². The molecule has 0 aliphatic carbocycles. The molecule has 4 heteroatoms. The van der Waals surface area contributed by atoms with Crippen LogP contribution in [0.15, 0.2) is 0 Å². The minimum atomic E-state index is 0.159. The molecule has 1 aliphatic heterocycles. The fraction of sp³-hybridized carbons (Fsp3) is 0.923. The van der Waals surface area contributed by atoms with Crippen LogP contribution in [-0.2, 0) is 4.79 Å². The Labute approximate surface area is 105 Å². The number of hydrogen-bond donors (Lipinski definition) is 2. The van der Waals surface area contributed by atoms with E-state index in [0.717, 1.165) is 25.9 Å². The van der Waals surface area contributed by atoms with Gasteiger partial charge in [0.25, 0.3) is 0 Å². The van der Waals surface area contributed by atoms with Crippen LogP contribution in [0, 0.1) is 0 Å². The summed E-state index contributed by atoms with van der Waals surface area (Å²) in [6, 6.07) is 0.844. The van der Waals surface area contributed by atoms with E-state index in [-0.39, 0.29) is 5.91 Å². The average Bonchev–Trinajstić information content (AvgIpc) is 2.37. The van der Waals surface area contributed by atoms with Gasteiger partial charge in [0.05, 0.1) is 6.54 Å². The van der Waals surface area contributed by atoms with Crippen molar-refractivity contribution >= 4 is 5.91 Å². The molecular weight excluding hydrogens is 214 g/mol. The smallest absolute Gasteiger partial charge is 0.234 e. The first-order chi connectivity index (χ1) is 8.17. The SMILES string of the molecule is CCC(CC)NC(=O)CN(C)C1CCCNC1. The highest BCUT2D eigenvalue weighted by Crippen LogP contribution is 2.08. The number of likely N-dealkylation sites (N-methyl/N-ethyl adjacent to an activating group) is 1. The van der Waals surface area contributed by atoms with E-state index in [1.54, 1.807) is 0 Å². The summed E-state index contributed by atoms with van der Waals surface area (Å²) in [5, 5.41) is 6.46. The van der Waals surface area contributed by atoms with Crippen LogP contribution in [0.4, 0.5) is 0 Å². The Kier molecular flexibility index (Phi) is 6.52. The number of carbonyl (C=O) groups is 1. The van der Waals surface area contributed by atoms with Gasteiger partial charge in [-0.2, -0.15) is 0 Å². The summed E-state index contributed by atoms with van der Waals surface area (Å²) in [6.45, 7) is 6.87. The van der Waals surface area contributed by atoms with E-state index in [2.05, 4.69) is 29.4 Å². The predicted molar refractivity (Wildman–Crippen MR) is 71.0 cm³/mol. The zero-order valence-electron chi connectivity index (χ0n) is 11.5. The summed E-state index contributed by atoms with van der Waals surface area (Å²) in [4.78, 5) is 14.0. The van der Waals surface area contributed by atoms with Gasteiger partial charge in [-0.15, -0.1) is 0 Å². The van der Waals surface area contributed by atoms with Gasteiger partial charge in [-0.1, -0.05) is 13.8 Å². The monoisotopic (exact) mass is 241 g/mol. The number of carbonyl (C=O) groups excluding carboxylic acids is 1. The molecule has 0 aromatic carbocycles. The number of nitrogens with zero attached hydrogens (tertiary/aromatic N) is 1. The first kappa shape index (κ1) is 14.5. The van der Waals surface area contributed by atoms with Gasteiger partial charge in [-0.05, 0) is 39.3 Å². The molecule has 0 spiro atoms. The van der Waals surface area contributed by atoms with Crippen molar-refractivity contribution in [2.75, 3.05) is 26.7 Å². The molecule has 1 amide bonds. The molecule has 0 bridgehead atoms. The minimum Gasteiger partial charge on any atom is -0.352 e. The summed E-state index contributed by atoms with van der Waals surface area (Å²) >= 11 is 0. The number of nitrogens with one attached hydrogen (secondary N) is 2. The topological polar surface area (TPSA) is 44.4 Å². The van der Waals surface area contributed by atoms with Crippen molar-refractivity contribution < 1.29 is 4.79 Å². The lowest BCUT2D eigenvalue weighted by atomic mass is 10.1. The van der Waals surface area contributed by atoms with Crippen molar-refractivity contribution in [3.8, 4) is 0 Å². The molecule has 1 aliphatic rings. The Hall–Kier alpha value is -0.610. The second kappa shape index (κ2) is 7.67. The van der Waals surface area contributed by atoms with Gasteiger partial charge in [-0.25, -0.2) is 0 Å². The van der Waals surface area contributed by atoms with Crippen molar-refractivity contribution in [3.63, 3.8) is 0 Å². The minimum absolute atomic E-state index is 0.159. The van der Waals surface area contributed by atoms with Crippen molar-refractivity contribution in [1.29, 1.82) is 0 Å². The molecule has 0 saturated carbocycles. The van der Waals surface area contributed by atoms with Crippen molar-refractivity contribution in [1.82, 2.24) is 15.5 Å². The highest BCUT2D eigenvalue weighted by Gasteiger charge is 2.20. The first-order valence-electron chi connectivity index (χ1n) is 6.87. The van der Waals surface area contributed by atoms with E-state index in [1.807, 2.05) is 7.05 Å². The molecule has 4 nitrogen and oxygen atoms in total. The van der Waals surface area contributed by atoms with Crippen molar-refractivity contribution in [2.45, 2.75) is 51.6 Å². The Bertz CT molecular complexity index is 223. The maximum Gasteiger partial charge on any atom is 0.234 e. The van der Waals surface area contributed by atoms with E-state index in [9.17, 15) is 4.79 Å². The molecule has 0 aromatic rings. The molecule has 1 fully saturated rings. The van der Waals surface area contributed by atoms with E-state index in [0.29, 0.717) is 18.6 Å². The molecule has 1 heterocycles.